The van der Waals surface area contributed by atoms with Gasteiger partial charge in [-0.3, -0.25) is 0 Å². The Labute approximate surface area is 134 Å². The maximum Gasteiger partial charge on any atom is 0.337 e. The van der Waals surface area contributed by atoms with Gasteiger partial charge in [-0.25, -0.2) is 4.79 Å². The fourth-order valence-electron chi connectivity index (χ4n) is 1.99. The van der Waals surface area contributed by atoms with Gasteiger partial charge in [-0.1, -0.05) is 24.3 Å². The molecule has 116 valence electrons. The number of aliphatic hydroxyl groups excluding tert-OH is 1. The fourth-order valence-corrected chi connectivity index (χ4v) is 2.10. The van der Waals surface area contributed by atoms with E-state index in [4.69, 9.17) is 11.6 Å². The molecule has 0 aromatic heterocycles. The first-order chi connectivity index (χ1) is 10.6. The van der Waals surface area contributed by atoms with Crippen molar-refractivity contribution < 1.29 is 14.6 Å². The Kier molecular flexibility index (Phi) is 5.81. The summed E-state index contributed by atoms with van der Waals surface area (Å²) in [5, 5.41) is 12.5. The Morgan fingerprint density at radius 3 is 2.18 bits per heavy atom. The third kappa shape index (κ3) is 4.23. The maximum atomic E-state index is 11.4. The van der Waals surface area contributed by atoms with Gasteiger partial charge in [0.1, 0.15) is 0 Å². The molecule has 0 fully saturated rings. The van der Waals surface area contributed by atoms with Crippen molar-refractivity contribution in [2.75, 3.05) is 24.9 Å². The molecule has 1 unspecified atom stereocenters. The summed E-state index contributed by atoms with van der Waals surface area (Å²) in [4.78, 5) is 11.4. The lowest BCUT2D eigenvalue weighted by atomic mass is 10.0. The van der Waals surface area contributed by atoms with Crippen LogP contribution in [-0.4, -0.2) is 36.7 Å². The number of rotatable bonds is 6. The van der Waals surface area contributed by atoms with E-state index in [1.165, 1.54) is 7.11 Å². The van der Waals surface area contributed by atoms with Crippen LogP contribution in [0.5, 0.6) is 0 Å². The zero-order valence-electron chi connectivity index (χ0n) is 12.3. The van der Waals surface area contributed by atoms with Crippen LogP contribution < -0.4 is 5.32 Å². The van der Waals surface area contributed by atoms with Crippen LogP contribution in [0.2, 0.25) is 0 Å². The Bertz CT molecular complexity index is 611. The van der Waals surface area contributed by atoms with E-state index in [9.17, 15) is 9.90 Å². The van der Waals surface area contributed by atoms with Gasteiger partial charge in [0.2, 0.25) is 0 Å². The number of carbonyl (C=O) groups excluding carboxylic acids is 1. The van der Waals surface area contributed by atoms with E-state index >= 15 is 0 Å². The number of hydrogen-bond donors (Lipinski definition) is 2. The predicted octanol–water partition coefficient (Wildman–Crippen LogP) is 3.15. The first-order valence-electron chi connectivity index (χ1n) is 6.90. The smallest absolute Gasteiger partial charge is 0.337 e. The molecule has 4 nitrogen and oxygen atoms in total. The monoisotopic (exact) mass is 319 g/mol. The lowest BCUT2D eigenvalue weighted by Gasteiger charge is -2.10. The van der Waals surface area contributed by atoms with Crippen molar-refractivity contribution in [3.63, 3.8) is 0 Å². The van der Waals surface area contributed by atoms with Crippen molar-refractivity contribution in [2.45, 2.75) is 6.10 Å². The molecule has 2 aromatic carbocycles. The summed E-state index contributed by atoms with van der Waals surface area (Å²) >= 11 is 5.55. The molecule has 0 amide bonds. The summed E-state index contributed by atoms with van der Waals surface area (Å²) in [6.45, 7) is 0.413. The third-order valence-corrected chi connectivity index (χ3v) is 3.60. The average Bonchev–Trinajstić information content (AvgIpc) is 2.59. The summed E-state index contributed by atoms with van der Waals surface area (Å²) in [6, 6.07) is 15.1. The molecular weight excluding hydrogens is 302 g/mol. The summed E-state index contributed by atoms with van der Waals surface area (Å²) in [5.41, 5.74) is 3.50. The normalized spacial score (nSPS) is 11.8. The standard InChI is InChI=1S/C17H18ClNO3/c1-22-17(21)14-4-2-12(3-5-14)13-6-8-15(9-7-13)19-11-16(20)10-18/h2-9,16,19-20H,10-11H2,1H3. The van der Waals surface area contributed by atoms with Gasteiger partial charge < -0.3 is 15.2 Å². The van der Waals surface area contributed by atoms with Crippen molar-refractivity contribution in [3.05, 3.63) is 54.1 Å². The van der Waals surface area contributed by atoms with Gasteiger partial charge in [-0.15, -0.1) is 11.6 Å². The number of carbonyl (C=O) groups is 1. The molecule has 0 heterocycles. The van der Waals surface area contributed by atoms with Gasteiger partial charge in [0, 0.05) is 12.2 Å². The van der Waals surface area contributed by atoms with Gasteiger partial charge in [0.15, 0.2) is 0 Å². The fraction of sp³-hybridized carbons (Fsp3) is 0.235. The minimum absolute atomic E-state index is 0.206. The molecule has 2 N–H and O–H groups in total. The van der Waals surface area contributed by atoms with E-state index in [1.54, 1.807) is 12.1 Å². The third-order valence-electron chi connectivity index (χ3n) is 3.24. The number of aliphatic hydroxyl groups is 1. The van der Waals surface area contributed by atoms with Gasteiger partial charge in [0.25, 0.3) is 0 Å². The molecule has 0 saturated carbocycles. The molecule has 0 aliphatic carbocycles. The highest BCUT2D eigenvalue weighted by Crippen LogP contribution is 2.22. The van der Waals surface area contributed by atoms with E-state index in [-0.39, 0.29) is 11.8 Å². The van der Waals surface area contributed by atoms with Crippen LogP contribution in [0, 0.1) is 0 Å². The van der Waals surface area contributed by atoms with E-state index in [1.807, 2.05) is 36.4 Å². The van der Waals surface area contributed by atoms with Crippen LogP contribution in [0.3, 0.4) is 0 Å². The van der Waals surface area contributed by atoms with Crippen LogP contribution in [0.4, 0.5) is 5.69 Å². The highest BCUT2D eigenvalue weighted by Gasteiger charge is 2.06. The van der Waals surface area contributed by atoms with Crippen LogP contribution >= 0.6 is 11.6 Å². The van der Waals surface area contributed by atoms with Crippen molar-refractivity contribution >= 4 is 23.3 Å². The SMILES string of the molecule is COC(=O)c1ccc(-c2ccc(NCC(O)CCl)cc2)cc1. The quantitative estimate of drug-likeness (QED) is 0.634. The zero-order chi connectivity index (χ0) is 15.9. The Morgan fingerprint density at radius 2 is 1.68 bits per heavy atom. The predicted molar refractivity (Wildman–Crippen MR) is 88.4 cm³/mol. The Hall–Kier alpha value is -2.04. The molecule has 0 aliphatic heterocycles. The maximum absolute atomic E-state index is 11.4. The summed E-state index contributed by atoms with van der Waals surface area (Å²) in [6.07, 6.45) is -0.563. The summed E-state index contributed by atoms with van der Waals surface area (Å²) in [7, 11) is 1.36. The highest BCUT2D eigenvalue weighted by molar-refractivity contribution is 6.18. The molecule has 2 rings (SSSR count). The summed E-state index contributed by atoms with van der Waals surface area (Å²) < 4.78 is 4.68. The number of anilines is 1. The zero-order valence-corrected chi connectivity index (χ0v) is 13.0. The first kappa shape index (κ1) is 16.3. The number of halogens is 1. The van der Waals surface area contributed by atoms with Crippen molar-refractivity contribution in [2.24, 2.45) is 0 Å². The minimum Gasteiger partial charge on any atom is -0.465 e. The first-order valence-corrected chi connectivity index (χ1v) is 7.44. The molecule has 0 radical (unpaired) electrons. The van der Waals surface area contributed by atoms with Crippen molar-refractivity contribution in [3.8, 4) is 11.1 Å². The molecule has 1 atom stereocenters. The van der Waals surface area contributed by atoms with Gasteiger partial charge in [0.05, 0.1) is 24.7 Å². The number of hydrogen-bond acceptors (Lipinski definition) is 4. The highest BCUT2D eigenvalue weighted by atomic mass is 35.5. The number of alkyl halides is 1. The summed E-state index contributed by atoms with van der Waals surface area (Å²) in [5.74, 6) is -0.138. The molecule has 0 aliphatic rings. The van der Waals surface area contributed by atoms with E-state index in [0.29, 0.717) is 12.1 Å². The van der Waals surface area contributed by atoms with Crippen molar-refractivity contribution in [1.29, 1.82) is 0 Å². The lowest BCUT2D eigenvalue weighted by Crippen LogP contribution is -2.20. The average molecular weight is 320 g/mol. The number of benzene rings is 2. The Balaban J connectivity index is 2.05. The molecule has 0 spiro atoms. The molecular formula is C17H18ClNO3. The van der Waals surface area contributed by atoms with Crippen LogP contribution in [-0.2, 0) is 4.74 Å². The minimum atomic E-state index is -0.563. The topological polar surface area (TPSA) is 58.6 Å². The molecule has 2 aromatic rings. The number of ether oxygens (including phenoxy) is 1. The van der Waals surface area contributed by atoms with Crippen LogP contribution in [0.1, 0.15) is 10.4 Å². The lowest BCUT2D eigenvalue weighted by molar-refractivity contribution is 0.0600. The Morgan fingerprint density at radius 1 is 1.14 bits per heavy atom. The number of nitrogens with one attached hydrogen (secondary N) is 1. The second kappa shape index (κ2) is 7.82. The van der Waals surface area contributed by atoms with Gasteiger partial charge in [-0.05, 0) is 35.4 Å². The number of methoxy groups -OCH3 is 1. The van der Waals surface area contributed by atoms with Gasteiger partial charge >= 0.3 is 5.97 Å². The van der Waals surface area contributed by atoms with E-state index < -0.39 is 6.10 Å². The molecule has 0 saturated heterocycles. The van der Waals surface area contributed by atoms with Crippen molar-refractivity contribution in [1.82, 2.24) is 0 Å². The molecule has 5 heteroatoms. The van der Waals surface area contributed by atoms with Crippen LogP contribution in [0.25, 0.3) is 11.1 Å². The second-order valence-electron chi connectivity index (χ2n) is 4.84. The molecule has 22 heavy (non-hydrogen) atoms. The van der Waals surface area contributed by atoms with Gasteiger partial charge in [-0.2, -0.15) is 0 Å². The largest absolute Gasteiger partial charge is 0.465 e. The molecule has 0 bridgehead atoms. The van der Waals surface area contributed by atoms with E-state index in [2.05, 4.69) is 10.1 Å². The van der Waals surface area contributed by atoms with Crippen LogP contribution in [0.15, 0.2) is 48.5 Å². The number of esters is 1. The van der Waals surface area contributed by atoms with E-state index in [0.717, 1.165) is 16.8 Å². The second-order valence-corrected chi connectivity index (χ2v) is 5.14.